The van der Waals surface area contributed by atoms with Gasteiger partial charge in [0.2, 0.25) is 0 Å². The van der Waals surface area contributed by atoms with E-state index in [1.54, 1.807) is 12.1 Å². The Labute approximate surface area is 150 Å². The number of piperazine rings is 1. The number of halogens is 5. The Kier molecular flexibility index (Phi) is 9.97. The van der Waals surface area contributed by atoms with Gasteiger partial charge in [0, 0.05) is 37.1 Å². The highest BCUT2D eigenvalue weighted by molar-refractivity contribution is 8.00. The van der Waals surface area contributed by atoms with Crippen molar-refractivity contribution >= 4 is 36.6 Å². The van der Waals surface area contributed by atoms with Crippen molar-refractivity contribution in [2.24, 2.45) is 0 Å². The maximum Gasteiger partial charge on any atom is 0.446 e. The number of nitriles is 1. The molecule has 0 aromatic heterocycles. The molecule has 0 spiro atoms. The molecule has 9 heteroatoms. The van der Waals surface area contributed by atoms with E-state index < -0.39 is 5.51 Å². The van der Waals surface area contributed by atoms with Crippen molar-refractivity contribution < 1.29 is 13.2 Å². The molecule has 1 aliphatic rings. The third-order valence-corrected chi connectivity index (χ3v) is 4.11. The molecule has 130 valence electrons. The van der Waals surface area contributed by atoms with Gasteiger partial charge in [0.25, 0.3) is 0 Å². The van der Waals surface area contributed by atoms with E-state index in [-0.39, 0.29) is 47.5 Å². The lowest BCUT2D eigenvalue weighted by Crippen LogP contribution is -2.45. The fraction of sp³-hybridized carbons (Fsp3) is 0.500. The van der Waals surface area contributed by atoms with Crippen molar-refractivity contribution in [1.82, 2.24) is 10.2 Å². The minimum absolute atomic E-state index is 0. The highest BCUT2D eigenvalue weighted by Crippen LogP contribution is 2.37. The van der Waals surface area contributed by atoms with Gasteiger partial charge in [-0.05, 0) is 29.5 Å². The van der Waals surface area contributed by atoms with E-state index in [9.17, 15) is 13.2 Å². The van der Waals surface area contributed by atoms with Gasteiger partial charge in [-0.2, -0.15) is 18.4 Å². The first-order chi connectivity index (χ1) is 9.99. The van der Waals surface area contributed by atoms with Gasteiger partial charge in [0.15, 0.2) is 0 Å². The molecule has 1 fully saturated rings. The van der Waals surface area contributed by atoms with Crippen LogP contribution < -0.4 is 5.32 Å². The molecule has 2 rings (SSSR count). The van der Waals surface area contributed by atoms with Crippen LogP contribution >= 0.6 is 36.6 Å². The van der Waals surface area contributed by atoms with Crippen LogP contribution in [0.2, 0.25) is 0 Å². The van der Waals surface area contributed by atoms with Gasteiger partial charge >= 0.3 is 5.51 Å². The first kappa shape index (κ1) is 22.4. The molecule has 1 N–H and O–H groups in total. The Morgan fingerprint density at radius 1 is 1.17 bits per heavy atom. The Morgan fingerprint density at radius 2 is 1.74 bits per heavy atom. The van der Waals surface area contributed by atoms with Crippen LogP contribution in [-0.4, -0.2) is 36.6 Å². The third-order valence-electron chi connectivity index (χ3n) is 3.38. The fourth-order valence-corrected chi connectivity index (χ4v) is 2.97. The van der Waals surface area contributed by atoms with Gasteiger partial charge in [0.05, 0.1) is 12.5 Å². The lowest BCUT2D eigenvalue weighted by atomic mass is 10.0. The van der Waals surface area contributed by atoms with Crippen molar-refractivity contribution in [2.45, 2.75) is 22.9 Å². The molecule has 0 unspecified atom stereocenters. The lowest BCUT2D eigenvalue weighted by molar-refractivity contribution is -0.0328. The van der Waals surface area contributed by atoms with E-state index >= 15 is 0 Å². The minimum Gasteiger partial charge on any atom is -0.314 e. The summed E-state index contributed by atoms with van der Waals surface area (Å²) in [6.45, 7) is 3.41. The lowest BCUT2D eigenvalue weighted by Gasteiger charge is -2.34. The van der Waals surface area contributed by atoms with Gasteiger partial charge < -0.3 is 5.32 Å². The van der Waals surface area contributed by atoms with E-state index in [2.05, 4.69) is 16.3 Å². The molecule has 0 bridgehead atoms. The monoisotopic (exact) mass is 387 g/mol. The summed E-state index contributed by atoms with van der Waals surface area (Å²) < 4.78 is 37.0. The smallest absolute Gasteiger partial charge is 0.314 e. The molecule has 1 heterocycles. The van der Waals surface area contributed by atoms with Crippen LogP contribution in [0.3, 0.4) is 0 Å². The number of thioether (sulfide) groups is 1. The third kappa shape index (κ3) is 7.19. The zero-order valence-corrected chi connectivity index (χ0v) is 14.6. The predicted molar refractivity (Wildman–Crippen MR) is 90.3 cm³/mol. The molecule has 1 aliphatic heterocycles. The molecule has 3 nitrogen and oxygen atoms in total. The number of hydrogen-bond donors (Lipinski definition) is 1. The molecule has 1 atom stereocenters. The van der Waals surface area contributed by atoms with Crippen molar-refractivity contribution in [3.63, 3.8) is 0 Å². The molecule has 0 radical (unpaired) electrons. The molecule has 23 heavy (non-hydrogen) atoms. The molecular weight excluding hydrogens is 370 g/mol. The molecule has 1 aromatic rings. The standard InChI is InChI=1S/C14H16F3N3S.2ClH/c15-14(16,17)21-12-3-1-11(2-4-12)13(5-6-18)20-9-7-19-8-10-20;;/h1-4,13,19H,5,7-10H2;2*1H/t13-;;/m0../s1. The summed E-state index contributed by atoms with van der Waals surface area (Å²) in [5, 5.41) is 12.2. The summed E-state index contributed by atoms with van der Waals surface area (Å²) in [6.07, 6.45) is 0.339. The molecule has 1 saturated heterocycles. The largest absolute Gasteiger partial charge is 0.446 e. The van der Waals surface area contributed by atoms with Crippen LogP contribution in [-0.2, 0) is 0 Å². The summed E-state index contributed by atoms with van der Waals surface area (Å²) in [7, 11) is 0. The second kappa shape index (κ2) is 10.3. The van der Waals surface area contributed by atoms with Gasteiger partial charge in [-0.25, -0.2) is 0 Å². The number of rotatable bonds is 4. The van der Waals surface area contributed by atoms with Gasteiger partial charge in [0.1, 0.15) is 0 Å². The van der Waals surface area contributed by atoms with Crippen LogP contribution in [0, 0.1) is 11.3 Å². The van der Waals surface area contributed by atoms with Crippen LogP contribution in [0.5, 0.6) is 0 Å². The van der Waals surface area contributed by atoms with Gasteiger partial charge in [-0.1, -0.05) is 12.1 Å². The number of benzene rings is 1. The molecular formula is C14H18Cl2F3N3S. The quantitative estimate of drug-likeness (QED) is 0.792. The first-order valence-corrected chi connectivity index (χ1v) is 7.48. The predicted octanol–water partition coefficient (Wildman–Crippen LogP) is 4.00. The number of nitrogens with zero attached hydrogens (tertiary/aromatic N) is 2. The Morgan fingerprint density at radius 3 is 2.22 bits per heavy atom. The average Bonchev–Trinajstić information content (AvgIpc) is 2.45. The molecule has 1 aromatic carbocycles. The zero-order chi connectivity index (χ0) is 15.3. The van der Waals surface area contributed by atoms with Crippen molar-refractivity contribution in [2.75, 3.05) is 26.2 Å². The van der Waals surface area contributed by atoms with Gasteiger partial charge in [-0.15, -0.1) is 24.8 Å². The highest BCUT2D eigenvalue weighted by atomic mass is 35.5. The second-order valence-corrected chi connectivity index (χ2v) is 5.92. The van der Waals surface area contributed by atoms with Gasteiger partial charge in [-0.3, -0.25) is 4.90 Å². The summed E-state index contributed by atoms with van der Waals surface area (Å²) in [5.41, 5.74) is -3.38. The van der Waals surface area contributed by atoms with E-state index in [4.69, 9.17) is 5.26 Å². The summed E-state index contributed by atoms with van der Waals surface area (Å²) in [6, 6.07) is 8.45. The zero-order valence-electron chi connectivity index (χ0n) is 12.2. The Bertz CT molecular complexity index is 499. The maximum atomic E-state index is 12.3. The van der Waals surface area contributed by atoms with Crippen LogP contribution in [0.15, 0.2) is 29.2 Å². The van der Waals surface area contributed by atoms with E-state index in [1.165, 1.54) is 12.1 Å². The van der Waals surface area contributed by atoms with Crippen molar-refractivity contribution in [3.05, 3.63) is 29.8 Å². The Balaban J connectivity index is 0.00000242. The fourth-order valence-electron chi connectivity index (χ4n) is 2.43. The number of hydrogen-bond acceptors (Lipinski definition) is 4. The topological polar surface area (TPSA) is 39.1 Å². The number of alkyl halides is 3. The average molecular weight is 388 g/mol. The molecule has 0 amide bonds. The summed E-state index contributed by atoms with van der Waals surface area (Å²) >= 11 is -0.119. The van der Waals surface area contributed by atoms with E-state index in [0.717, 1.165) is 31.7 Å². The molecule has 0 saturated carbocycles. The first-order valence-electron chi connectivity index (χ1n) is 6.67. The number of nitrogens with one attached hydrogen (secondary N) is 1. The van der Waals surface area contributed by atoms with Crippen molar-refractivity contribution in [3.8, 4) is 6.07 Å². The Hall–Kier alpha value is -0.650. The maximum absolute atomic E-state index is 12.3. The normalized spacial score (nSPS) is 16.6. The summed E-state index contributed by atoms with van der Waals surface area (Å²) in [4.78, 5) is 2.37. The minimum atomic E-state index is -4.27. The van der Waals surface area contributed by atoms with Crippen LogP contribution in [0.1, 0.15) is 18.0 Å². The van der Waals surface area contributed by atoms with Crippen LogP contribution in [0.4, 0.5) is 13.2 Å². The summed E-state index contributed by atoms with van der Waals surface area (Å²) in [5.74, 6) is 0. The van der Waals surface area contributed by atoms with E-state index in [0.29, 0.717) is 6.42 Å². The van der Waals surface area contributed by atoms with Crippen LogP contribution in [0.25, 0.3) is 0 Å². The molecule has 0 aliphatic carbocycles. The second-order valence-electron chi connectivity index (χ2n) is 4.78. The van der Waals surface area contributed by atoms with E-state index in [1.807, 2.05) is 0 Å². The van der Waals surface area contributed by atoms with Crippen molar-refractivity contribution in [1.29, 1.82) is 5.26 Å². The highest BCUT2D eigenvalue weighted by Gasteiger charge is 2.29. The SMILES string of the molecule is Cl.Cl.N#CC[C@@H](c1ccc(SC(F)(F)F)cc1)N1CCNCC1.